The normalized spacial score (nSPS) is 19.3. The van der Waals surface area contributed by atoms with Gasteiger partial charge in [0, 0.05) is 12.8 Å². The topological polar surface area (TPSA) is 114 Å². The van der Waals surface area contributed by atoms with Crippen molar-refractivity contribution in [2.45, 2.75) is 44.3 Å². The molecule has 0 atom stereocenters. The highest BCUT2D eigenvalue weighted by atomic mass is 16.7. The van der Waals surface area contributed by atoms with Crippen LogP contribution in [0, 0.1) is 5.92 Å². The van der Waals surface area contributed by atoms with E-state index in [4.69, 9.17) is 24.7 Å². The van der Waals surface area contributed by atoms with Crippen LogP contribution in [0.15, 0.2) is 18.2 Å². The Bertz CT molecular complexity index is 720. The summed E-state index contributed by atoms with van der Waals surface area (Å²) >= 11 is 0. The first kappa shape index (κ1) is 19.0. The van der Waals surface area contributed by atoms with E-state index in [0.717, 1.165) is 19.3 Å². The third-order valence-corrected chi connectivity index (χ3v) is 4.80. The van der Waals surface area contributed by atoms with Crippen LogP contribution in [0.1, 0.15) is 37.7 Å². The van der Waals surface area contributed by atoms with Crippen molar-refractivity contribution >= 4 is 17.8 Å². The van der Waals surface area contributed by atoms with E-state index in [2.05, 4.69) is 0 Å². The van der Waals surface area contributed by atoms with E-state index in [9.17, 15) is 14.4 Å². The van der Waals surface area contributed by atoms with Crippen LogP contribution in [-0.4, -0.2) is 37.3 Å². The van der Waals surface area contributed by atoms with Gasteiger partial charge in [-0.2, -0.15) is 0 Å². The average molecular weight is 377 g/mol. The summed E-state index contributed by atoms with van der Waals surface area (Å²) in [7, 11) is 1.45. The Balaban J connectivity index is 1.70. The maximum Gasteiger partial charge on any atom is 0.323 e. The number of ether oxygens (including phenoxy) is 4. The van der Waals surface area contributed by atoms with Crippen molar-refractivity contribution in [2.75, 3.05) is 13.7 Å². The van der Waals surface area contributed by atoms with Crippen molar-refractivity contribution < 1.29 is 33.3 Å². The molecule has 3 rings (SSSR count). The van der Waals surface area contributed by atoms with Gasteiger partial charge in [0.2, 0.25) is 0 Å². The minimum Gasteiger partial charge on any atom is -0.493 e. The Labute approximate surface area is 156 Å². The van der Waals surface area contributed by atoms with Gasteiger partial charge in [0.1, 0.15) is 0 Å². The van der Waals surface area contributed by atoms with Gasteiger partial charge in [-0.3, -0.25) is 14.4 Å². The summed E-state index contributed by atoms with van der Waals surface area (Å²) in [6, 6.07) is 4.92. The third-order valence-electron chi connectivity index (χ3n) is 4.80. The summed E-state index contributed by atoms with van der Waals surface area (Å²) in [6.45, 7) is -0.279. The zero-order valence-electron chi connectivity index (χ0n) is 15.2. The zero-order chi connectivity index (χ0) is 19.4. The van der Waals surface area contributed by atoms with Gasteiger partial charge in [0.15, 0.2) is 24.0 Å². The minimum absolute atomic E-state index is 0.125. The molecule has 1 amide bonds. The van der Waals surface area contributed by atoms with Crippen LogP contribution < -0.4 is 15.2 Å². The molecule has 1 aromatic carbocycles. The van der Waals surface area contributed by atoms with Crippen LogP contribution in [0.3, 0.4) is 0 Å². The van der Waals surface area contributed by atoms with Crippen LogP contribution in [0.25, 0.3) is 0 Å². The zero-order valence-corrected chi connectivity index (χ0v) is 15.2. The molecule has 0 radical (unpaired) electrons. The molecule has 1 aromatic rings. The molecule has 0 unspecified atom stereocenters. The molecule has 27 heavy (non-hydrogen) atoms. The Morgan fingerprint density at radius 1 is 1.15 bits per heavy atom. The minimum atomic E-state index is -1.08. The van der Waals surface area contributed by atoms with E-state index in [1.807, 2.05) is 0 Å². The summed E-state index contributed by atoms with van der Waals surface area (Å²) < 4.78 is 21.6. The van der Waals surface area contributed by atoms with E-state index in [-0.39, 0.29) is 13.0 Å². The maximum absolute atomic E-state index is 12.5. The number of nitrogens with two attached hydrogens (primary N) is 1. The molecular formula is C19H23NO7. The van der Waals surface area contributed by atoms with Crippen LogP contribution in [0.5, 0.6) is 11.5 Å². The monoisotopic (exact) mass is 377 g/mol. The standard InChI is InChI=1S/C19H23NO7/c1-24-15-10-12(5-6-14(15)25-11-16(20)21)9-13-17(22)26-19(27-18(13)23)7-3-2-4-8-19/h5-6,10,13H,2-4,7-9,11H2,1H3,(H2,20,21). The number of benzene rings is 1. The Morgan fingerprint density at radius 3 is 2.41 bits per heavy atom. The van der Waals surface area contributed by atoms with E-state index in [1.54, 1.807) is 18.2 Å². The Hall–Kier alpha value is -2.77. The molecule has 2 N–H and O–H groups in total. The lowest BCUT2D eigenvalue weighted by molar-refractivity contribution is -0.260. The lowest BCUT2D eigenvalue weighted by Crippen LogP contribution is -2.51. The van der Waals surface area contributed by atoms with Gasteiger partial charge in [0.25, 0.3) is 11.7 Å². The third kappa shape index (κ3) is 4.32. The average Bonchev–Trinajstić information content (AvgIpc) is 2.64. The molecule has 0 bridgehead atoms. The summed E-state index contributed by atoms with van der Waals surface area (Å²) in [4.78, 5) is 35.8. The fraction of sp³-hybridized carbons (Fsp3) is 0.526. The number of methoxy groups -OCH3 is 1. The van der Waals surface area contributed by atoms with Gasteiger partial charge in [0.05, 0.1) is 7.11 Å². The van der Waals surface area contributed by atoms with Gasteiger partial charge in [-0.05, 0) is 37.0 Å². The van der Waals surface area contributed by atoms with Crippen LogP contribution in [0.4, 0.5) is 0 Å². The molecule has 0 aromatic heterocycles. The number of hydrogen-bond acceptors (Lipinski definition) is 7. The molecule has 2 fully saturated rings. The SMILES string of the molecule is COc1cc(CC2C(=O)OC3(CCCCC3)OC2=O)ccc1OCC(N)=O. The number of rotatable bonds is 6. The second-order valence-corrected chi connectivity index (χ2v) is 6.81. The Morgan fingerprint density at radius 2 is 1.81 bits per heavy atom. The van der Waals surface area contributed by atoms with Crippen molar-refractivity contribution in [1.82, 2.24) is 0 Å². The highest BCUT2D eigenvalue weighted by molar-refractivity contribution is 5.97. The number of carbonyl (C=O) groups excluding carboxylic acids is 3. The first-order valence-corrected chi connectivity index (χ1v) is 8.96. The molecule has 2 aliphatic rings. The van der Waals surface area contributed by atoms with Gasteiger partial charge in [-0.1, -0.05) is 12.5 Å². The van der Waals surface area contributed by atoms with Gasteiger partial charge in [-0.15, -0.1) is 0 Å². The van der Waals surface area contributed by atoms with Crippen LogP contribution in [-0.2, 0) is 30.3 Å². The van der Waals surface area contributed by atoms with Crippen molar-refractivity contribution in [1.29, 1.82) is 0 Å². The van der Waals surface area contributed by atoms with Crippen molar-refractivity contribution in [2.24, 2.45) is 11.7 Å². The quantitative estimate of drug-likeness (QED) is 0.590. The number of primary amides is 1. The van der Waals surface area contributed by atoms with Crippen LogP contribution >= 0.6 is 0 Å². The highest BCUT2D eigenvalue weighted by Crippen LogP contribution is 2.38. The molecule has 1 saturated carbocycles. The number of amides is 1. The molecule has 1 spiro atoms. The lowest BCUT2D eigenvalue weighted by atomic mass is 9.91. The van der Waals surface area contributed by atoms with Crippen molar-refractivity contribution in [3.63, 3.8) is 0 Å². The summed E-state index contributed by atoms with van der Waals surface area (Å²) in [5, 5.41) is 0. The smallest absolute Gasteiger partial charge is 0.323 e. The number of hydrogen-bond donors (Lipinski definition) is 1. The first-order valence-electron chi connectivity index (χ1n) is 8.96. The molecule has 8 heteroatoms. The van der Waals surface area contributed by atoms with Crippen molar-refractivity contribution in [3.05, 3.63) is 23.8 Å². The van der Waals surface area contributed by atoms with E-state index in [0.29, 0.717) is 29.9 Å². The van der Waals surface area contributed by atoms with Gasteiger partial charge in [-0.25, -0.2) is 0 Å². The summed E-state index contributed by atoms with van der Waals surface area (Å²) in [5.41, 5.74) is 5.74. The largest absolute Gasteiger partial charge is 0.493 e. The second kappa shape index (κ2) is 7.85. The summed E-state index contributed by atoms with van der Waals surface area (Å²) in [6.07, 6.45) is 4.02. The first-order chi connectivity index (χ1) is 12.9. The predicted octanol–water partition coefficient (Wildman–Crippen LogP) is 1.48. The lowest BCUT2D eigenvalue weighted by Gasteiger charge is -2.40. The van der Waals surface area contributed by atoms with E-state index < -0.39 is 29.6 Å². The molecular weight excluding hydrogens is 354 g/mol. The summed E-state index contributed by atoms with van der Waals surface area (Å²) in [5.74, 6) is -3.09. The fourth-order valence-electron chi connectivity index (χ4n) is 3.43. The maximum atomic E-state index is 12.5. The van der Waals surface area contributed by atoms with Crippen molar-refractivity contribution in [3.8, 4) is 11.5 Å². The fourth-order valence-corrected chi connectivity index (χ4v) is 3.43. The van der Waals surface area contributed by atoms with E-state index in [1.165, 1.54) is 7.11 Å². The second-order valence-electron chi connectivity index (χ2n) is 6.81. The molecule has 1 heterocycles. The molecule has 1 aliphatic heterocycles. The van der Waals surface area contributed by atoms with Gasteiger partial charge < -0.3 is 24.7 Å². The predicted molar refractivity (Wildman–Crippen MR) is 92.9 cm³/mol. The number of esters is 2. The highest BCUT2D eigenvalue weighted by Gasteiger charge is 2.49. The van der Waals surface area contributed by atoms with E-state index >= 15 is 0 Å². The van der Waals surface area contributed by atoms with Gasteiger partial charge >= 0.3 is 11.9 Å². The van der Waals surface area contributed by atoms with Crippen LogP contribution in [0.2, 0.25) is 0 Å². The number of carbonyl (C=O) groups is 3. The molecule has 8 nitrogen and oxygen atoms in total. The Kier molecular flexibility index (Phi) is 5.53. The molecule has 1 saturated heterocycles. The molecule has 146 valence electrons. The molecule has 1 aliphatic carbocycles.